The Kier molecular flexibility index (Phi) is 8.20. The van der Waals surface area contributed by atoms with Crippen molar-refractivity contribution in [2.24, 2.45) is 4.99 Å². The molecule has 0 N–H and O–H groups in total. The van der Waals surface area contributed by atoms with Gasteiger partial charge in [-0.05, 0) is 97.8 Å². The number of rotatable bonds is 6. The number of terminal acetylenes is 1. The van der Waals surface area contributed by atoms with Gasteiger partial charge in [0.1, 0.15) is 11.2 Å². The summed E-state index contributed by atoms with van der Waals surface area (Å²) in [7, 11) is 0. The third-order valence-electron chi connectivity index (χ3n) is 9.93. The van der Waals surface area contributed by atoms with E-state index in [-0.39, 0.29) is 0 Å². The lowest BCUT2D eigenvalue weighted by molar-refractivity contribution is 0.669. The predicted molar refractivity (Wildman–Crippen MR) is 226 cm³/mol. The minimum absolute atomic E-state index is 0.805. The van der Waals surface area contributed by atoms with Crippen LogP contribution in [0.25, 0.3) is 80.0 Å². The summed E-state index contributed by atoms with van der Waals surface area (Å²) in [5.41, 5.74) is 23.1. The van der Waals surface area contributed by atoms with Crippen LogP contribution < -0.4 is 0 Å². The van der Waals surface area contributed by atoms with Crippen molar-refractivity contribution >= 4 is 69.3 Å². The molecule has 54 heavy (non-hydrogen) atoms. The summed E-state index contributed by atoms with van der Waals surface area (Å²) in [5, 5.41) is 2.15. The number of pyridine rings is 1. The molecule has 0 radical (unpaired) electrons. The molecule has 0 saturated carbocycles. The normalized spacial score (nSPS) is 13.5. The fourth-order valence-electron chi connectivity index (χ4n) is 7.45. The maximum Gasteiger partial charge on any atom is 0.135 e. The number of para-hydroxylation sites is 1. The Morgan fingerprint density at radius 2 is 1.39 bits per heavy atom. The molecule has 0 fully saturated rings. The quantitative estimate of drug-likeness (QED) is 0.0990. The molecule has 0 spiro atoms. The van der Waals surface area contributed by atoms with E-state index in [1.165, 1.54) is 6.21 Å². The standard InChI is InChI=1S/C50H33N3O/c1-4-31-51-45(5-2)39-16-8-6-14-37(39)34-21-26-41-42-27-22-35(38-15-7-9-17-40(38)46-19-12-13-33(3)52-46)24-29-48(42)53(47(41)28-23-34)36-25-30-50-44(32-36)43-18-10-11-20-49(43)54-50/h1,5-20,23-32H,2-3H3/b45-5-,51-31?. The largest absolute Gasteiger partial charge is 0.456 e. The van der Waals surface area contributed by atoms with Gasteiger partial charge in [0.15, 0.2) is 0 Å². The smallest absolute Gasteiger partial charge is 0.135 e. The van der Waals surface area contributed by atoms with Crippen LogP contribution in [0.1, 0.15) is 51.8 Å². The highest BCUT2D eigenvalue weighted by Crippen LogP contribution is 2.39. The van der Waals surface area contributed by atoms with E-state index < -0.39 is 0 Å². The molecular weight excluding hydrogens is 659 g/mol. The number of aryl methyl sites for hydroxylation is 1. The molecule has 4 heteroatoms. The second-order valence-electron chi connectivity index (χ2n) is 13.1. The lowest BCUT2D eigenvalue weighted by Crippen LogP contribution is -2.00. The van der Waals surface area contributed by atoms with Crippen molar-refractivity contribution in [3.05, 3.63) is 184 Å². The van der Waals surface area contributed by atoms with E-state index in [0.29, 0.717) is 0 Å². The summed E-state index contributed by atoms with van der Waals surface area (Å²) >= 11 is 0. The molecule has 9 rings (SSSR count). The van der Waals surface area contributed by atoms with E-state index in [2.05, 4.69) is 142 Å². The Morgan fingerprint density at radius 1 is 0.722 bits per heavy atom. The zero-order valence-corrected chi connectivity index (χ0v) is 29.8. The Balaban J connectivity index is 1.25. The van der Waals surface area contributed by atoms with Gasteiger partial charge in [0, 0.05) is 55.6 Å². The number of furan rings is 1. The molecular formula is C50H33N3O. The summed E-state index contributed by atoms with van der Waals surface area (Å²) in [6.07, 6.45) is 21.9. The highest BCUT2D eigenvalue weighted by molar-refractivity contribution is 6.06. The molecule has 0 amide bonds. The second kappa shape index (κ2) is 13.6. The van der Waals surface area contributed by atoms with Crippen molar-refractivity contribution in [3.8, 4) is 29.3 Å². The van der Waals surface area contributed by atoms with Crippen LogP contribution in [0.3, 0.4) is 0 Å². The number of nitrogens with zero attached hydrogens (tertiary/aromatic N) is 3. The SMILES string of the molecule is C#CC=N/C(=C\C)c1ccccc1C1=C=Cc2c3c(n(-c4ccc5oc6ccccc6c5c4)c2C=C1)C=CC(c1ccccc1-c1cccc(C)n1)=C=C3. The van der Waals surface area contributed by atoms with Gasteiger partial charge in [0.25, 0.3) is 0 Å². The van der Waals surface area contributed by atoms with Crippen molar-refractivity contribution in [2.75, 3.05) is 0 Å². The number of aromatic nitrogens is 2. The molecule has 7 aromatic rings. The minimum atomic E-state index is 0.805. The summed E-state index contributed by atoms with van der Waals surface area (Å²) in [4.78, 5) is 9.41. The van der Waals surface area contributed by atoms with Crippen LogP contribution >= 0.6 is 0 Å². The molecule has 3 heterocycles. The van der Waals surface area contributed by atoms with E-state index >= 15 is 0 Å². The minimum Gasteiger partial charge on any atom is -0.456 e. The number of aliphatic imine (C=N–C) groups is 1. The molecule has 3 aromatic heterocycles. The molecule has 4 aromatic carbocycles. The molecule has 0 atom stereocenters. The number of hydrogen-bond donors (Lipinski definition) is 0. The van der Waals surface area contributed by atoms with Crippen molar-refractivity contribution in [3.63, 3.8) is 0 Å². The first kappa shape index (κ1) is 32.5. The van der Waals surface area contributed by atoms with Gasteiger partial charge in [0.05, 0.1) is 29.0 Å². The van der Waals surface area contributed by atoms with Crippen molar-refractivity contribution in [1.82, 2.24) is 9.55 Å². The lowest BCUT2D eigenvalue weighted by Gasteiger charge is -2.12. The van der Waals surface area contributed by atoms with E-state index in [1.807, 2.05) is 50.3 Å². The van der Waals surface area contributed by atoms with Gasteiger partial charge in [-0.2, -0.15) is 0 Å². The van der Waals surface area contributed by atoms with Gasteiger partial charge in [-0.1, -0.05) is 84.8 Å². The zero-order valence-electron chi connectivity index (χ0n) is 29.8. The van der Waals surface area contributed by atoms with Crippen LogP contribution in [0, 0.1) is 19.3 Å². The topological polar surface area (TPSA) is 43.3 Å². The fraction of sp³-hybridized carbons (Fsp3) is 0.0400. The maximum absolute atomic E-state index is 6.23. The summed E-state index contributed by atoms with van der Waals surface area (Å²) in [6, 6.07) is 37.4. The molecule has 0 unspecified atom stereocenters. The van der Waals surface area contributed by atoms with Gasteiger partial charge in [-0.3, -0.25) is 4.98 Å². The fourth-order valence-corrected chi connectivity index (χ4v) is 7.45. The van der Waals surface area contributed by atoms with E-state index in [0.717, 1.165) is 101 Å². The Bertz CT molecular complexity index is 2990. The molecule has 254 valence electrons. The van der Waals surface area contributed by atoms with E-state index in [9.17, 15) is 0 Å². The monoisotopic (exact) mass is 691 g/mol. The maximum atomic E-state index is 6.23. The number of allylic oxidation sites excluding steroid dienone is 5. The Labute approximate surface area is 314 Å². The van der Waals surface area contributed by atoms with Crippen molar-refractivity contribution < 1.29 is 4.42 Å². The third-order valence-corrected chi connectivity index (χ3v) is 9.93. The van der Waals surface area contributed by atoms with Crippen LogP contribution in [-0.4, -0.2) is 15.8 Å². The van der Waals surface area contributed by atoms with Crippen LogP contribution in [0.4, 0.5) is 0 Å². The van der Waals surface area contributed by atoms with E-state index in [1.54, 1.807) is 0 Å². The lowest BCUT2D eigenvalue weighted by atomic mass is 9.97. The average molecular weight is 692 g/mol. The van der Waals surface area contributed by atoms with Gasteiger partial charge < -0.3 is 8.98 Å². The number of hydrogen-bond acceptors (Lipinski definition) is 3. The summed E-state index contributed by atoms with van der Waals surface area (Å²) < 4.78 is 8.56. The highest BCUT2D eigenvalue weighted by atomic mass is 16.3. The summed E-state index contributed by atoms with van der Waals surface area (Å²) in [6.45, 7) is 3.99. The number of benzene rings is 4. The van der Waals surface area contributed by atoms with E-state index in [4.69, 9.17) is 15.8 Å². The van der Waals surface area contributed by atoms with Crippen LogP contribution in [0.15, 0.2) is 148 Å². The molecule has 0 bridgehead atoms. The zero-order chi connectivity index (χ0) is 36.6. The third kappa shape index (κ3) is 5.64. The second-order valence-corrected chi connectivity index (χ2v) is 13.1. The van der Waals surface area contributed by atoms with Crippen molar-refractivity contribution in [1.29, 1.82) is 0 Å². The first-order valence-corrected chi connectivity index (χ1v) is 17.9. The van der Waals surface area contributed by atoms with Gasteiger partial charge in [0.2, 0.25) is 0 Å². The van der Waals surface area contributed by atoms with Gasteiger partial charge >= 0.3 is 0 Å². The molecule has 0 aliphatic heterocycles. The Hall–Kier alpha value is -7.40. The number of fused-ring (bicyclic) bond motifs is 6. The average Bonchev–Trinajstić information content (AvgIpc) is 3.51. The van der Waals surface area contributed by atoms with Gasteiger partial charge in [-0.25, -0.2) is 4.99 Å². The predicted octanol–water partition coefficient (Wildman–Crippen LogP) is 12.3. The van der Waals surface area contributed by atoms with Crippen LogP contribution in [0.5, 0.6) is 0 Å². The molecule has 2 aliphatic rings. The summed E-state index contributed by atoms with van der Waals surface area (Å²) in [5.74, 6) is 2.52. The van der Waals surface area contributed by atoms with Crippen LogP contribution in [-0.2, 0) is 0 Å². The van der Waals surface area contributed by atoms with Crippen LogP contribution in [0.2, 0.25) is 0 Å². The first-order chi connectivity index (χ1) is 26.6. The first-order valence-electron chi connectivity index (χ1n) is 17.9. The molecule has 2 aliphatic carbocycles. The Morgan fingerprint density at radius 3 is 2.13 bits per heavy atom. The van der Waals surface area contributed by atoms with Crippen molar-refractivity contribution in [2.45, 2.75) is 13.8 Å². The highest BCUT2D eigenvalue weighted by Gasteiger charge is 2.23. The molecule has 4 nitrogen and oxygen atoms in total. The molecule has 0 saturated heterocycles. The van der Waals surface area contributed by atoms with Gasteiger partial charge in [-0.15, -0.1) is 17.9 Å².